The molecule has 1 N–H and O–H groups in total. The molecule has 3 aromatic rings. The molecule has 0 saturated heterocycles. The Morgan fingerprint density at radius 3 is 2.02 bits per heavy atom. The minimum absolute atomic E-state index is 0.338. The van der Waals surface area contributed by atoms with Gasteiger partial charge in [-0.3, -0.25) is 0 Å². The Labute approximate surface area is 260 Å². The van der Waals surface area contributed by atoms with E-state index in [-0.39, 0.29) is 0 Å². The molecule has 1 amide bonds. The molecule has 0 spiro atoms. The van der Waals surface area contributed by atoms with E-state index in [0.717, 1.165) is 16.8 Å². The van der Waals surface area contributed by atoms with E-state index in [9.17, 15) is 4.79 Å². The second-order valence-electron chi connectivity index (χ2n) is 11.1. The van der Waals surface area contributed by atoms with E-state index in [1.165, 1.54) is 18.9 Å². The number of aryl methyl sites for hydroxylation is 1. The highest BCUT2D eigenvalue weighted by molar-refractivity contribution is 8.13. The Balaban J connectivity index is 2.19. The van der Waals surface area contributed by atoms with Crippen LogP contribution in [0.1, 0.15) is 59.0 Å². The van der Waals surface area contributed by atoms with Crippen molar-refractivity contribution in [2.45, 2.75) is 71.1 Å². The Kier molecular flexibility index (Phi) is 11.7. The number of thioether (sulfide) groups is 1. The number of ether oxygens (including phenoxy) is 3. The maximum Gasteiger partial charge on any atom is 0.434 e. The molecule has 2 aromatic carbocycles. The molecular formula is C31H44N4O6SSi. The number of aliphatic imine (C=N–C) groups is 1. The summed E-state index contributed by atoms with van der Waals surface area (Å²) in [6, 6.07) is 10.9. The van der Waals surface area contributed by atoms with Gasteiger partial charge in [0.25, 0.3) is 8.32 Å². The lowest BCUT2D eigenvalue weighted by Gasteiger charge is -2.42. The average Bonchev–Trinajstić information content (AvgIpc) is 3.42. The third-order valence-electron chi connectivity index (χ3n) is 7.61. The average molecular weight is 629 g/mol. The van der Waals surface area contributed by atoms with E-state index in [1.807, 2.05) is 42.7 Å². The lowest BCUT2D eigenvalue weighted by Crippen LogP contribution is -2.50. The predicted octanol–water partition coefficient (Wildman–Crippen LogP) is 8.30. The van der Waals surface area contributed by atoms with Crippen LogP contribution in [0.25, 0.3) is 11.4 Å². The minimum atomic E-state index is -2.37. The zero-order chi connectivity index (χ0) is 31.9. The van der Waals surface area contributed by atoms with Gasteiger partial charge in [-0.05, 0) is 64.8 Å². The fourth-order valence-electron chi connectivity index (χ4n) is 5.69. The van der Waals surface area contributed by atoms with E-state index >= 15 is 0 Å². The summed E-state index contributed by atoms with van der Waals surface area (Å²) in [4.78, 5) is 20.9. The molecule has 12 heteroatoms. The molecule has 3 rings (SSSR count). The van der Waals surface area contributed by atoms with Gasteiger partial charge in [0.05, 0.1) is 21.3 Å². The van der Waals surface area contributed by atoms with Crippen molar-refractivity contribution in [3.63, 3.8) is 0 Å². The Morgan fingerprint density at radius 2 is 1.56 bits per heavy atom. The fourth-order valence-corrected chi connectivity index (χ4v) is 11.5. The number of methoxy groups -OCH3 is 3. The van der Waals surface area contributed by atoms with E-state index in [4.69, 9.17) is 23.2 Å². The molecular weight excluding hydrogens is 585 g/mol. The van der Waals surface area contributed by atoms with Crippen LogP contribution in [0.15, 0.2) is 45.9 Å². The summed E-state index contributed by atoms with van der Waals surface area (Å²) in [6.07, 6.45) is 1.17. The number of anilines is 1. The molecule has 43 heavy (non-hydrogen) atoms. The zero-order valence-corrected chi connectivity index (χ0v) is 28.8. The van der Waals surface area contributed by atoms with Crippen LogP contribution in [0.3, 0.4) is 0 Å². The van der Waals surface area contributed by atoms with Crippen LogP contribution in [0.5, 0.6) is 17.2 Å². The highest BCUT2D eigenvalue weighted by Gasteiger charge is 2.47. The normalized spacial score (nSPS) is 12.9. The number of nitrogens with zero attached hydrogens (tertiary/aromatic N) is 3. The minimum Gasteiger partial charge on any atom is -0.540 e. The van der Waals surface area contributed by atoms with Crippen LogP contribution in [0.4, 0.5) is 10.5 Å². The number of carbonyl (C=O) groups excluding carboxylic acids is 1. The van der Waals surface area contributed by atoms with Crippen molar-refractivity contribution in [2.75, 3.05) is 32.9 Å². The van der Waals surface area contributed by atoms with Crippen LogP contribution in [0, 0.1) is 6.92 Å². The molecule has 1 aromatic heterocycles. The van der Waals surface area contributed by atoms with Crippen LogP contribution in [-0.2, 0) is 4.74 Å². The summed E-state index contributed by atoms with van der Waals surface area (Å²) in [7, 11) is 2.15. The number of amides is 1. The van der Waals surface area contributed by atoms with Gasteiger partial charge >= 0.3 is 6.09 Å². The van der Waals surface area contributed by atoms with Crippen LogP contribution >= 0.6 is 11.8 Å². The van der Waals surface area contributed by atoms with E-state index in [0.29, 0.717) is 50.6 Å². The molecule has 0 aliphatic rings. The Bertz CT molecular complexity index is 1390. The first kappa shape index (κ1) is 34.0. The summed E-state index contributed by atoms with van der Waals surface area (Å²) < 4.78 is 28.8. The number of aromatic nitrogens is 2. The molecule has 0 radical (unpaired) electrons. The number of rotatable bonds is 12. The van der Waals surface area contributed by atoms with E-state index in [1.54, 1.807) is 21.1 Å². The van der Waals surface area contributed by atoms with Gasteiger partial charge in [0.15, 0.2) is 11.5 Å². The molecule has 0 bridgehead atoms. The second-order valence-corrected chi connectivity index (χ2v) is 17.3. The lowest BCUT2D eigenvalue weighted by molar-refractivity contribution is 0.182. The van der Waals surface area contributed by atoms with Gasteiger partial charge in [-0.25, -0.2) is 4.79 Å². The SMILES string of the molecule is COC(=O)/N=C(\SC)C(Nc1ccc(-c2noc(C)n2)cc1)c1cc(OC)c(OC)c(O[Si](C(C)C)(C(C)C)C(C)C)c1. The van der Waals surface area contributed by atoms with Crippen molar-refractivity contribution in [3.8, 4) is 28.6 Å². The lowest BCUT2D eigenvalue weighted by atomic mass is 10.0. The monoisotopic (exact) mass is 628 g/mol. The highest BCUT2D eigenvalue weighted by atomic mass is 32.2. The topological polar surface area (TPSA) is 117 Å². The number of benzene rings is 2. The van der Waals surface area contributed by atoms with Gasteiger partial charge in [-0.1, -0.05) is 46.7 Å². The standard InChI is InChI=1S/C31H44N4O6SSi/c1-18(2)43(19(3)4,20(5)6)41-26-17-23(16-25(37-8)28(26)38-9)27(30(42-11)34-31(36)39-10)33-24-14-12-22(13-15-24)29-32-21(7)40-35-29/h12-20,27,33H,1-11H3/b34-30-. The first-order valence-electron chi connectivity index (χ1n) is 14.2. The second kappa shape index (κ2) is 14.8. The van der Waals surface area contributed by atoms with E-state index in [2.05, 4.69) is 62.0 Å². The Morgan fingerprint density at radius 1 is 0.953 bits per heavy atom. The van der Waals surface area contributed by atoms with Crippen molar-refractivity contribution >= 4 is 36.9 Å². The predicted molar refractivity (Wildman–Crippen MR) is 175 cm³/mol. The summed E-state index contributed by atoms with van der Waals surface area (Å²) in [5, 5.41) is 8.05. The number of nitrogens with one attached hydrogen (secondary N) is 1. The highest BCUT2D eigenvalue weighted by Crippen LogP contribution is 2.48. The zero-order valence-electron chi connectivity index (χ0n) is 27.0. The van der Waals surface area contributed by atoms with Crippen molar-refractivity contribution < 1.29 is 28.0 Å². The summed E-state index contributed by atoms with van der Waals surface area (Å²) in [5.74, 6) is 2.65. The first-order valence-corrected chi connectivity index (χ1v) is 17.6. The van der Waals surface area contributed by atoms with Gasteiger partial charge in [0.2, 0.25) is 17.5 Å². The van der Waals surface area contributed by atoms with Gasteiger partial charge in [0.1, 0.15) is 11.1 Å². The summed E-state index contributed by atoms with van der Waals surface area (Å²) in [5.41, 5.74) is 3.39. The molecule has 0 aliphatic heterocycles. The molecule has 1 atom stereocenters. The fraction of sp³-hybridized carbons (Fsp3) is 0.484. The molecule has 1 heterocycles. The van der Waals surface area contributed by atoms with Crippen molar-refractivity contribution in [1.29, 1.82) is 0 Å². The van der Waals surface area contributed by atoms with Gasteiger partial charge < -0.3 is 28.5 Å². The maximum atomic E-state index is 12.3. The molecule has 0 fully saturated rings. The Hall–Kier alpha value is -3.51. The number of hydrogen-bond donors (Lipinski definition) is 1. The third kappa shape index (κ3) is 7.53. The third-order valence-corrected chi connectivity index (χ3v) is 14.3. The quantitative estimate of drug-likeness (QED) is 0.119. The number of carbonyl (C=O) groups is 1. The maximum absolute atomic E-state index is 12.3. The molecule has 234 valence electrons. The summed E-state index contributed by atoms with van der Waals surface area (Å²) >= 11 is 1.35. The summed E-state index contributed by atoms with van der Waals surface area (Å²) in [6.45, 7) is 15.2. The smallest absolute Gasteiger partial charge is 0.434 e. The first-order chi connectivity index (χ1) is 20.4. The van der Waals surface area contributed by atoms with E-state index < -0.39 is 20.5 Å². The van der Waals surface area contributed by atoms with Gasteiger partial charge in [-0.15, -0.1) is 11.8 Å². The van der Waals surface area contributed by atoms with Crippen molar-refractivity contribution in [2.24, 2.45) is 4.99 Å². The van der Waals surface area contributed by atoms with Gasteiger partial charge in [0, 0.05) is 18.2 Å². The molecule has 10 nitrogen and oxygen atoms in total. The molecule has 1 unspecified atom stereocenters. The largest absolute Gasteiger partial charge is 0.540 e. The molecule has 0 aliphatic carbocycles. The van der Waals surface area contributed by atoms with Crippen LogP contribution in [0.2, 0.25) is 16.6 Å². The van der Waals surface area contributed by atoms with Crippen LogP contribution < -0.4 is 19.2 Å². The van der Waals surface area contributed by atoms with Crippen LogP contribution in [-0.4, -0.2) is 57.2 Å². The number of hydrogen-bond acceptors (Lipinski definition) is 10. The van der Waals surface area contributed by atoms with Gasteiger partial charge in [-0.2, -0.15) is 9.98 Å². The van der Waals surface area contributed by atoms with Crippen molar-refractivity contribution in [3.05, 3.63) is 47.9 Å². The van der Waals surface area contributed by atoms with Crippen molar-refractivity contribution in [1.82, 2.24) is 10.1 Å². The molecule has 0 saturated carbocycles.